The number of halogens is 2. The van der Waals surface area contributed by atoms with Gasteiger partial charge in [0.2, 0.25) is 0 Å². The molecule has 1 saturated carbocycles. The molecule has 1 fully saturated rings. The Morgan fingerprint density at radius 3 is 2.81 bits per heavy atom. The summed E-state index contributed by atoms with van der Waals surface area (Å²) < 4.78 is 13.1. The molecule has 1 unspecified atom stereocenters. The minimum atomic E-state index is -0.270. The zero-order chi connectivity index (χ0) is 11.5. The van der Waals surface area contributed by atoms with Gasteiger partial charge in [-0.25, -0.2) is 4.39 Å². The first-order valence-electron chi connectivity index (χ1n) is 5.62. The molecule has 16 heavy (non-hydrogen) atoms. The molecule has 0 bridgehead atoms. The molecule has 1 atom stereocenters. The van der Waals surface area contributed by atoms with E-state index in [1.807, 2.05) is 0 Å². The van der Waals surface area contributed by atoms with Gasteiger partial charge >= 0.3 is 0 Å². The van der Waals surface area contributed by atoms with Crippen molar-refractivity contribution in [3.63, 3.8) is 0 Å². The van der Waals surface area contributed by atoms with Gasteiger partial charge in [0.05, 0.1) is 0 Å². The van der Waals surface area contributed by atoms with Gasteiger partial charge in [0.15, 0.2) is 0 Å². The maximum atomic E-state index is 13.1. The van der Waals surface area contributed by atoms with E-state index in [1.54, 1.807) is 6.07 Å². The summed E-state index contributed by atoms with van der Waals surface area (Å²) >= 11 is 6.05. The van der Waals surface area contributed by atoms with Crippen LogP contribution in [0, 0.1) is 11.7 Å². The molecule has 88 valence electrons. The number of hydrazine groups is 1. The lowest BCUT2D eigenvalue weighted by atomic mass is 9.80. The molecule has 0 radical (unpaired) electrons. The molecule has 4 heteroatoms. The summed E-state index contributed by atoms with van der Waals surface area (Å²) in [6, 6.07) is 4.36. The van der Waals surface area contributed by atoms with E-state index in [0.29, 0.717) is 10.9 Å². The number of rotatable bonds is 4. The van der Waals surface area contributed by atoms with E-state index in [2.05, 4.69) is 5.43 Å². The third-order valence-electron chi connectivity index (χ3n) is 3.33. The van der Waals surface area contributed by atoms with Crippen LogP contribution in [-0.4, -0.2) is 0 Å². The zero-order valence-electron chi connectivity index (χ0n) is 9.05. The fourth-order valence-corrected chi connectivity index (χ4v) is 2.38. The fourth-order valence-electron chi connectivity index (χ4n) is 2.13. The van der Waals surface area contributed by atoms with Crippen LogP contribution >= 0.6 is 11.6 Å². The van der Waals surface area contributed by atoms with E-state index in [1.165, 1.54) is 31.4 Å². The summed E-state index contributed by atoms with van der Waals surface area (Å²) in [6.07, 6.45) is 4.70. The molecule has 3 N–H and O–H groups in total. The van der Waals surface area contributed by atoms with Crippen molar-refractivity contribution in [2.75, 3.05) is 0 Å². The molecular weight excluding hydrogens is 227 g/mol. The highest BCUT2D eigenvalue weighted by Crippen LogP contribution is 2.36. The van der Waals surface area contributed by atoms with Gasteiger partial charge in [0, 0.05) is 11.1 Å². The van der Waals surface area contributed by atoms with Gasteiger partial charge in [0.25, 0.3) is 0 Å². The number of nitrogens with one attached hydrogen (secondary N) is 1. The number of hydrogen-bond acceptors (Lipinski definition) is 2. The molecule has 0 aliphatic heterocycles. The van der Waals surface area contributed by atoms with Crippen LogP contribution in [0.3, 0.4) is 0 Å². The molecule has 2 rings (SSSR count). The maximum Gasteiger partial charge on any atom is 0.123 e. The molecule has 1 aromatic carbocycles. The minimum absolute atomic E-state index is 0.0477. The second kappa shape index (κ2) is 5.13. The summed E-state index contributed by atoms with van der Waals surface area (Å²) in [4.78, 5) is 0. The van der Waals surface area contributed by atoms with Gasteiger partial charge in [-0.1, -0.05) is 30.9 Å². The summed E-state index contributed by atoms with van der Waals surface area (Å²) in [5, 5.41) is 0.573. The molecule has 1 aliphatic carbocycles. The van der Waals surface area contributed by atoms with Crippen molar-refractivity contribution in [1.82, 2.24) is 5.43 Å². The normalized spacial score (nSPS) is 18.2. The number of benzene rings is 1. The first kappa shape index (κ1) is 11.8. The highest BCUT2D eigenvalue weighted by molar-refractivity contribution is 6.31. The third-order valence-corrected chi connectivity index (χ3v) is 3.67. The predicted octanol–water partition coefficient (Wildman–Crippen LogP) is 3.17. The Kier molecular flexibility index (Phi) is 3.79. The van der Waals surface area contributed by atoms with Crippen LogP contribution in [0.4, 0.5) is 4.39 Å². The van der Waals surface area contributed by atoms with Gasteiger partial charge < -0.3 is 0 Å². The van der Waals surface area contributed by atoms with E-state index in [9.17, 15) is 4.39 Å². The minimum Gasteiger partial charge on any atom is -0.271 e. The summed E-state index contributed by atoms with van der Waals surface area (Å²) in [5.41, 5.74) is 3.49. The van der Waals surface area contributed by atoms with Crippen molar-refractivity contribution >= 4 is 11.6 Å². The van der Waals surface area contributed by atoms with Crippen molar-refractivity contribution in [1.29, 1.82) is 0 Å². The van der Waals surface area contributed by atoms with Crippen molar-refractivity contribution in [3.8, 4) is 0 Å². The summed E-state index contributed by atoms with van der Waals surface area (Å²) in [5.74, 6) is 5.94. The van der Waals surface area contributed by atoms with Crippen LogP contribution in [0.25, 0.3) is 0 Å². The molecule has 0 saturated heterocycles. The highest BCUT2D eigenvalue weighted by atomic mass is 35.5. The molecule has 0 amide bonds. The Balaban J connectivity index is 2.14. The molecular formula is C12H16ClFN2. The van der Waals surface area contributed by atoms with Gasteiger partial charge in [0.1, 0.15) is 5.82 Å². The third kappa shape index (κ3) is 2.54. The molecule has 1 aliphatic rings. The van der Waals surface area contributed by atoms with Crippen molar-refractivity contribution in [2.24, 2.45) is 11.8 Å². The maximum absolute atomic E-state index is 13.1. The molecule has 2 nitrogen and oxygen atoms in total. The second-order valence-electron chi connectivity index (χ2n) is 4.42. The van der Waals surface area contributed by atoms with Crippen LogP contribution in [0.1, 0.15) is 37.3 Å². The van der Waals surface area contributed by atoms with Crippen molar-refractivity contribution < 1.29 is 4.39 Å². The summed E-state index contributed by atoms with van der Waals surface area (Å²) in [7, 11) is 0. The van der Waals surface area contributed by atoms with E-state index in [4.69, 9.17) is 17.4 Å². The fraction of sp³-hybridized carbons (Fsp3) is 0.500. The SMILES string of the molecule is NNC(CC1CCC1)c1cc(F)ccc1Cl. The van der Waals surface area contributed by atoms with Crippen LogP contribution in [0.2, 0.25) is 5.02 Å². The second-order valence-corrected chi connectivity index (χ2v) is 4.82. The summed E-state index contributed by atoms with van der Waals surface area (Å²) in [6.45, 7) is 0. The zero-order valence-corrected chi connectivity index (χ0v) is 9.80. The van der Waals surface area contributed by atoms with Gasteiger partial charge in [-0.2, -0.15) is 0 Å². The average molecular weight is 243 g/mol. The highest BCUT2D eigenvalue weighted by Gasteiger charge is 2.23. The van der Waals surface area contributed by atoms with Crippen LogP contribution < -0.4 is 11.3 Å². The Morgan fingerprint density at radius 2 is 2.25 bits per heavy atom. The average Bonchev–Trinajstić information content (AvgIpc) is 2.21. The van der Waals surface area contributed by atoms with Crippen molar-refractivity contribution in [3.05, 3.63) is 34.6 Å². The number of hydrogen-bond donors (Lipinski definition) is 2. The van der Waals surface area contributed by atoms with Gasteiger partial charge in [-0.3, -0.25) is 11.3 Å². The monoisotopic (exact) mass is 242 g/mol. The van der Waals surface area contributed by atoms with Gasteiger partial charge in [-0.15, -0.1) is 0 Å². The molecule has 0 spiro atoms. The van der Waals surface area contributed by atoms with E-state index < -0.39 is 0 Å². The van der Waals surface area contributed by atoms with Crippen LogP contribution in [-0.2, 0) is 0 Å². The lowest BCUT2D eigenvalue weighted by Crippen LogP contribution is -2.31. The first-order valence-corrected chi connectivity index (χ1v) is 5.99. The molecule has 0 aromatic heterocycles. The molecule has 0 heterocycles. The number of nitrogens with two attached hydrogens (primary N) is 1. The Labute approximate surface area is 99.9 Å². The first-order chi connectivity index (χ1) is 7.70. The predicted molar refractivity (Wildman–Crippen MR) is 63.4 cm³/mol. The Hall–Kier alpha value is -0.640. The standard InChI is InChI=1S/C12H16ClFN2/c13-11-5-4-9(14)7-10(11)12(16-15)6-8-2-1-3-8/h4-5,7-8,12,16H,1-3,6,15H2. The van der Waals surface area contributed by atoms with E-state index in [0.717, 1.165) is 12.0 Å². The topological polar surface area (TPSA) is 38.0 Å². The van der Waals surface area contributed by atoms with Crippen molar-refractivity contribution in [2.45, 2.75) is 31.7 Å². The van der Waals surface area contributed by atoms with Gasteiger partial charge in [-0.05, 0) is 36.1 Å². The lowest BCUT2D eigenvalue weighted by Gasteiger charge is -2.29. The smallest absolute Gasteiger partial charge is 0.123 e. The quantitative estimate of drug-likeness (QED) is 0.629. The Morgan fingerprint density at radius 1 is 1.50 bits per heavy atom. The van der Waals surface area contributed by atoms with E-state index in [-0.39, 0.29) is 11.9 Å². The lowest BCUT2D eigenvalue weighted by molar-refractivity contribution is 0.261. The van der Waals surface area contributed by atoms with Crippen LogP contribution in [0.5, 0.6) is 0 Å². The Bertz CT molecular complexity index is 366. The largest absolute Gasteiger partial charge is 0.271 e. The molecule has 1 aromatic rings. The van der Waals surface area contributed by atoms with E-state index >= 15 is 0 Å². The van der Waals surface area contributed by atoms with Crippen LogP contribution in [0.15, 0.2) is 18.2 Å².